The predicted octanol–water partition coefficient (Wildman–Crippen LogP) is 2.71. The summed E-state index contributed by atoms with van der Waals surface area (Å²) in [5, 5.41) is 10.9. The Bertz CT molecular complexity index is 922. The van der Waals surface area contributed by atoms with Crippen LogP contribution in [0.15, 0.2) is 67.0 Å². The van der Waals surface area contributed by atoms with Gasteiger partial charge in [-0.1, -0.05) is 12.7 Å². The minimum Gasteiger partial charge on any atom is -0.507 e. The summed E-state index contributed by atoms with van der Waals surface area (Å²) in [5.74, 6) is -1.03. The zero-order valence-corrected chi connectivity index (χ0v) is 16.1. The van der Waals surface area contributed by atoms with Crippen molar-refractivity contribution in [2.75, 3.05) is 26.9 Å². The van der Waals surface area contributed by atoms with Gasteiger partial charge < -0.3 is 19.5 Å². The molecular weight excluding hydrogens is 372 g/mol. The number of methoxy groups -OCH3 is 1. The minimum absolute atomic E-state index is 0.0389. The van der Waals surface area contributed by atoms with E-state index in [9.17, 15) is 14.7 Å². The number of aliphatic hydroxyl groups is 1. The average molecular weight is 394 g/mol. The second-order valence-corrected chi connectivity index (χ2v) is 6.39. The Hall–Kier alpha value is -3.45. The number of hydrogen-bond acceptors (Lipinski definition) is 6. The second-order valence-electron chi connectivity index (χ2n) is 6.39. The summed E-state index contributed by atoms with van der Waals surface area (Å²) >= 11 is 0. The Morgan fingerprint density at radius 2 is 1.90 bits per heavy atom. The van der Waals surface area contributed by atoms with Crippen molar-refractivity contribution in [1.29, 1.82) is 0 Å². The summed E-state index contributed by atoms with van der Waals surface area (Å²) in [5.41, 5.74) is 1.14. The summed E-state index contributed by atoms with van der Waals surface area (Å²) in [4.78, 5) is 30.8. The number of pyridine rings is 1. The third-order valence-electron chi connectivity index (χ3n) is 4.59. The Morgan fingerprint density at radius 3 is 2.52 bits per heavy atom. The van der Waals surface area contributed by atoms with Gasteiger partial charge in [0.25, 0.3) is 11.7 Å². The van der Waals surface area contributed by atoms with Crippen LogP contribution in [0.4, 0.5) is 0 Å². The smallest absolute Gasteiger partial charge is 0.295 e. The standard InChI is InChI=1S/C22H22N2O5/c1-3-13-29-17-6-4-16(5-7-17)20(25)18-19(15-8-10-23-11-9-15)24(12-14-28-2)22(27)21(18)26/h3-11,19,25H,1,12-14H2,2H3/t19-/m0/s1. The summed E-state index contributed by atoms with van der Waals surface area (Å²) < 4.78 is 10.5. The van der Waals surface area contributed by atoms with Crippen LogP contribution < -0.4 is 4.74 Å². The number of ether oxygens (including phenoxy) is 2. The van der Waals surface area contributed by atoms with Gasteiger partial charge in [-0.05, 0) is 42.0 Å². The van der Waals surface area contributed by atoms with Gasteiger partial charge >= 0.3 is 0 Å². The zero-order chi connectivity index (χ0) is 20.8. The lowest BCUT2D eigenvalue weighted by molar-refractivity contribution is -0.140. The van der Waals surface area contributed by atoms with E-state index in [4.69, 9.17) is 9.47 Å². The monoisotopic (exact) mass is 394 g/mol. The quantitative estimate of drug-likeness (QED) is 0.321. The number of amides is 1. The van der Waals surface area contributed by atoms with Gasteiger partial charge in [0.1, 0.15) is 18.1 Å². The molecule has 1 aliphatic heterocycles. The highest BCUT2D eigenvalue weighted by Crippen LogP contribution is 2.39. The molecule has 1 aromatic carbocycles. The molecule has 3 rings (SSSR count). The molecule has 2 aromatic rings. The number of carbonyl (C=O) groups is 2. The molecule has 1 atom stereocenters. The number of rotatable bonds is 8. The largest absolute Gasteiger partial charge is 0.507 e. The average Bonchev–Trinajstić information content (AvgIpc) is 3.01. The lowest BCUT2D eigenvalue weighted by Gasteiger charge is -2.24. The van der Waals surface area contributed by atoms with E-state index in [2.05, 4.69) is 11.6 Å². The first-order valence-corrected chi connectivity index (χ1v) is 9.10. The van der Waals surface area contributed by atoms with Gasteiger partial charge in [-0.3, -0.25) is 14.6 Å². The molecule has 1 N–H and O–H groups in total. The SMILES string of the molecule is C=CCOc1ccc(C(O)=C2C(=O)C(=O)N(CCOC)[C@H]2c2ccncc2)cc1. The van der Waals surface area contributed by atoms with Crippen LogP contribution in [-0.4, -0.2) is 53.5 Å². The molecule has 29 heavy (non-hydrogen) atoms. The summed E-state index contributed by atoms with van der Waals surface area (Å²) in [6.07, 6.45) is 4.79. The fourth-order valence-corrected chi connectivity index (χ4v) is 3.21. The van der Waals surface area contributed by atoms with Gasteiger partial charge in [0.15, 0.2) is 0 Å². The fourth-order valence-electron chi connectivity index (χ4n) is 3.21. The van der Waals surface area contributed by atoms with E-state index in [1.165, 1.54) is 12.0 Å². The Labute approximate surface area is 168 Å². The first-order chi connectivity index (χ1) is 14.1. The number of ketones is 1. The summed E-state index contributed by atoms with van der Waals surface area (Å²) in [6, 6.07) is 9.36. The molecule has 1 fully saturated rings. The van der Waals surface area contributed by atoms with E-state index in [1.54, 1.807) is 54.9 Å². The van der Waals surface area contributed by atoms with Crippen LogP contribution in [-0.2, 0) is 14.3 Å². The molecule has 7 nitrogen and oxygen atoms in total. The summed E-state index contributed by atoms with van der Waals surface area (Å²) in [7, 11) is 1.52. The highest BCUT2D eigenvalue weighted by atomic mass is 16.5. The topological polar surface area (TPSA) is 89.0 Å². The number of benzene rings is 1. The Kier molecular flexibility index (Phi) is 6.41. The molecule has 1 aromatic heterocycles. The van der Waals surface area contributed by atoms with Crippen LogP contribution in [0.3, 0.4) is 0 Å². The van der Waals surface area contributed by atoms with E-state index in [-0.39, 0.29) is 24.5 Å². The minimum atomic E-state index is -0.729. The van der Waals surface area contributed by atoms with Crippen LogP contribution in [0.2, 0.25) is 0 Å². The molecule has 1 saturated heterocycles. The van der Waals surface area contributed by atoms with E-state index >= 15 is 0 Å². The lowest BCUT2D eigenvalue weighted by atomic mass is 9.96. The van der Waals surface area contributed by atoms with Crippen molar-refractivity contribution in [2.24, 2.45) is 0 Å². The van der Waals surface area contributed by atoms with Crippen molar-refractivity contribution in [1.82, 2.24) is 9.88 Å². The van der Waals surface area contributed by atoms with Crippen LogP contribution in [0.25, 0.3) is 5.76 Å². The molecular formula is C22H22N2O5. The molecule has 7 heteroatoms. The van der Waals surface area contributed by atoms with E-state index in [0.717, 1.165) is 0 Å². The number of aromatic nitrogens is 1. The van der Waals surface area contributed by atoms with Gasteiger partial charge in [-0.15, -0.1) is 0 Å². The number of aliphatic hydroxyl groups excluding tert-OH is 1. The van der Waals surface area contributed by atoms with Gasteiger partial charge in [-0.25, -0.2) is 0 Å². The number of likely N-dealkylation sites (tertiary alicyclic amines) is 1. The van der Waals surface area contributed by atoms with E-state index < -0.39 is 17.7 Å². The molecule has 0 radical (unpaired) electrons. The molecule has 150 valence electrons. The van der Waals surface area contributed by atoms with Crippen molar-refractivity contribution in [3.05, 3.63) is 78.1 Å². The summed E-state index contributed by atoms with van der Waals surface area (Å²) in [6.45, 7) is 4.44. The van der Waals surface area contributed by atoms with Crippen molar-refractivity contribution < 1.29 is 24.2 Å². The lowest BCUT2D eigenvalue weighted by Crippen LogP contribution is -2.32. The molecule has 0 spiro atoms. The molecule has 0 bridgehead atoms. The maximum atomic E-state index is 12.8. The van der Waals surface area contributed by atoms with Crippen LogP contribution in [0.1, 0.15) is 17.2 Å². The maximum absolute atomic E-state index is 12.8. The second kappa shape index (κ2) is 9.16. The highest BCUT2D eigenvalue weighted by Gasteiger charge is 2.45. The molecule has 0 saturated carbocycles. The predicted molar refractivity (Wildman–Crippen MR) is 107 cm³/mol. The van der Waals surface area contributed by atoms with Crippen LogP contribution in [0, 0.1) is 0 Å². The highest BCUT2D eigenvalue weighted by molar-refractivity contribution is 6.46. The molecule has 0 aliphatic carbocycles. The first kappa shape index (κ1) is 20.3. The third-order valence-corrected chi connectivity index (χ3v) is 4.59. The van der Waals surface area contributed by atoms with Crippen molar-refractivity contribution in [3.8, 4) is 5.75 Å². The van der Waals surface area contributed by atoms with Crippen molar-refractivity contribution in [2.45, 2.75) is 6.04 Å². The van der Waals surface area contributed by atoms with E-state index in [0.29, 0.717) is 23.5 Å². The van der Waals surface area contributed by atoms with Crippen molar-refractivity contribution in [3.63, 3.8) is 0 Å². The van der Waals surface area contributed by atoms with Crippen LogP contribution >= 0.6 is 0 Å². The van der Waals surface area contributed by atoms with Gasteiger partial charge in [0, 0.05) is 31.6 Å². The van der Waals surface area contributed by atoms with Crippen LogP contribution in [0.5, 0.6) is 5.75 Å². The first-order valence-electron chi connectivity index (χ1n) is 9.10. The van der Waals surface area contributed by atoms with Gasteiger partial charge in [0.05, 0.1) is 18.2 Å². The Balaban J connectivity index is 2.04. The van der Waals surface area contributed by atoms with Gasteiger partial charge in [0.2, 0.25) is 0 Å². The van der Waals surface area contributed by atoms with E-state index in [1.807, 2.05) is 0 Å². The number of Topliss-reactive ketones (excluding diaryl/α,β-unsaturated/α-hetero) is 1. The fraction of sp³-hybridized carbons (Fsp3) is 0.227. The molecule has 1 aliphatic rings. The maximum Gasteiger partial charge on any atom is 0.295 e. The zero-order valence-electron chi connectivity index (χ0n) is 16.1. The van der Waals surface area contributed by atoms with Gasteiger partial charge in [-0.2, -0.15) is 0 Å². The molecule has 2 heterocycles. The Morgan fingerprint density at radius 1 is 1.21 bits per heavy atom. The number of nitrogens with zero attached hydrogens (tertiary/aromatic N) is 2. The van der Waals surface area contributed by atoms with Crippen molar-refractivity contribution >= 4 is 17.4 Å². The molecule has 0 unspecified atom stereocenters. The molecule has 1 amide bonds. The normalized spacial score (nSPS) is 18.1. The number of hydrogen-bond donors (Lipinski definition) is 1. The third kappa shape index (κ3) is 4.20. The number of carbonyl (C=O) groups excluding carboxylic acids is 2.